The first kappa shape index (κ1) is 34.6. The summed E-state index contributed by atoms with van der Waals surface area (Å²) in [6.07, 6.45) is 7.11. The molecule has 0 amide bonds. The fourth-order valence-electron chi connectivity index (χ4n) is 11.6. The van der Waals surface area contributed by atoms with Crippen LogP contribution in [-0.2, 0) is 29.1 Å². The van der Waals surface area contributed by atoms with Crippen LogP contribution in [0, 0.1) is 6.92 Å². The molecular formula is C56H51N. The zero-order valence-electron chi connectivity index (χ0n) is 34.0. The van der Waals surface area contributed by atoms with Crippen LogP contribution >= 0.6 is 0 Å². The zero-order chi connectivity index (χ0) is 38.7. The summed E-state index contributed by atoms with van der Waals surface area (Å²) >= 11 is 0. The van der Waals surface area contributed by atoms with Crippen molar-refractivity contribution < 1.29 is 0 Å². The molecule has 0 bridgehead atoms. The van der Waals surface area contributed by atoms with Crippen LogP contribution in [0.5, 0.6) is 0 Å². The first-order valence-corrected chi connectivity index (χ1v) is 21.3. The van der Waals surface area contributed by atoms with E-state index in [0.29, 0.717) is 0 Å². The van der Waals surface area contributed by atoms with Gasteiger partial charge in [0.1, 0.15) is 0 Å². The number of para-hydroxylation sites is 1. The van der Waals surface area contributed by atoms with Gasteiger partial charge >= 0.3 is 0 Å². The van der Waals surface area contributed by atoms with E-state index < -0.39 is 5.41 Å². The highest BCUT2D eigenvalue weighted by atomic mass is 15.2. The Balaban J connectivity index is 1.32. The van der Waals surface area contributed by atoms with Crippen LogP contribution in [-0.4, -0.2) is 0 Å². The fourth-order valence-corrected chi connectivity index (χ4v) is 11.6. The van der Waals surface area contributed by atoms with Crippen molar-refractivity contribution in [3.8, 4) is 33.4 Å². The van der Waals surface area contributed by atoms with Gasteiger partial charge < -0.3 is 4.90 Å². The van der Waals surface area contributed by atoms with Crippen molar-refractivity contribution in [3.05, 3.63) is 196 Å². The maximum atomic E-state index is 2.69. The Morgan fingerprint density at radius 3 is 1.72 bits per heavy atom. The van der Waals surface area contributed by atoms with Crippen LogP contribution in [0.3, 0.4) is 0 Å². The Bertz CT molecular complexity index is 2720. The number of rotatable bonds is 4. The Kier molecular flexibility index (Phi) is 7.53. The molecule has 0 fully saturated rings. The third-order valence-electron chi connectivity index (χ3n) is 14.4. The molecule has 0 radical (unpaired) electrons. The number of benzene rings is 7. The second-order valence-corrected chi connectivity index (χ2v) is 18.5. The van der Waals surface area contributed by atoms with E-state index in [1.165, 1.54) is 120 Å². The van der Waals surface area contributed by atoms with Crippen molar-refractivity contribution in [1.82, 2.24) is 0 Å². The molecule has 0 saturated carbocycles. The molecule has 4 aliphatic rings. The summed E-state index contributed by atoms with van der Waals surface area (Å²) in [4.78, 5) is 2.69. The Labute approximate surface area is 339 Å². The van der Waals surface area contributed by atoms with E-state index >= 15 is 0 Å². The largest absolute Gasteiger partial charge is 0.309 e. The maximum absolute atomic E-state index is 2.69. The lowest BCUT2D eigenvalue weighted by atomic mass is 9.62. The lowest BCUT2D eigenvalue weighted by Gasteiger charge is -2.45. The number of anilines is 3. The molecular weight excluding hydrogens is 687 g/mol. The second kappa shape index (κ2) is 12.4. The van der Waals surface area contributed by atoms with Gasteiger partial charge in [0.05, 0.1) is 16.8 Å². The topological polar surface area (TPSA) is 3.24 Å². The maximum Gasteiger partial charge on any atom is 0.0726 e. The number of hydrogen-bond acceptors (Lipinski definition) is 1. The predicted octanol–water partition coefficient (Wildman–Crippen LogP) is 14.7. The van der Waals surface area contributed by atoms with Crippen molar-refractivity contribution in [2.45, 2.75) is 89.4 Å². The van der Waals surface area contributed by atoms with Crippen LogP contribution < -0.4 is 4.90 Å². The lowest BCUT2D eigenvalue weighted by Crippen LogP contribution is -2.36. The molecule has 57 heavy (non-hydrogen) atoms. The predicted molar refractivity (Wildman–Crippen MR) is 240 cm³/mol. The van der Waals surface area contributed by atoms with Gasteiger partial charge in [0, 0.05) is 11.3 Å². The smallest absolute Gasteiger partial charge is 0.0726 e. The zero-order valence-corrected chi connectivity index (χ0v) is 34.0. The molecule has 4 aliphatic carbocycles. The van der Waals surface area contributed by atoms with E-state index in [0.717, 1.165) is 19.3 Å². The van der Waals surface area contributed by atoms with Gasteiger partial charge in [0.15, 0.2) is 0 Å². The van der Waals surface area contributed by atoms with Crippen LogP contribution in [0.4, 0.5) is 17.1 Å². The average molecular weight is 738 g/mol. The van der Waals surface area contributed by atoms with Crippen LogP contribution in [0.1, 0.15) is 103 Å². The van der Waals surface area contributed by atoms with Gasteiger partial charge in [-0.05, 0) is 158 Å². The molecule has 0 N–H and O–H groups in total. The van der Waals surface area contributed by atoms with Gasteiger partial charge in [-0.1, -0.05) is 149 Å². The first-order chi connectivity index (χ1) is 27.7. The van der Waals surface area contributed by atoms with E-state index in [1.807, 2.05) is 0 Å². The van der Waals surface area contributed by atoms with E-state index in [1.54, 1.807) is 0 Å². The van der Waals surface area contributed by atoms with Crippen molar-refractivity contribution >= 4 is 17.1 Å². The molecule has 0 aliphatic heterocycles. The second-order valence-electron chi connectivity index (χ2n) is 18.5. The quantitative estimate of drug-likeness (QED) is 0.174. The molecule has 1 nitrogen and oxygen atoms in total. The molecule has 7 aromatic carbocycles. The Morgan fingerprint density at radius 1 is 0.456 bits per heavy atom. The first-order valence-electron chi connectivity index (χ1n) is 21.3. The molecule has 0 aromatic heterocycles. The van der Waals surface area contributed by atoms with Gasteiger partial charge in [0.2, 0.25) is 0 Å². The minimum Gasteiger partial charge on any atom is -0.309 e. The van der Waals surface area contributed by atoms with E-state index in [-0.39, 0.29) is 10.8 Å². The van der Waals surface area contributed by atoms with Crippen molar-refractivity contribution in [1.29, 1.82) is 0 Å². The number of nitrogens with zero attached hydrogens (tertiary/aromatic N) is 1. The SMILES string of the molecule is Cc1ccc2c(c1N(c1ccccc1)c1cc3c(cc1-c1cccc4c1CCCC4)-c1ccccc1C31c3ccccc3-c3ccccc31)C(C)(C)CCC2(C)C. The molecule has 1 spiro atoms. The summed E-state index contributed by atoms with van der Waals surface area (Å²) in [7, 11) is 0. The summed E-state index contributed by atoms with van der Waals surface area (Å²) in [5.74, 6) is 0. The Morgan fingerprint density at radius 2 is 1.04 bits per heavy atom. The van der Waals surface area contributed by atoms with Crippen LogP contribution in [0.2, 0.25) is 0 Å². The molecule has 280 valence electrons. The van der Waals surface area contributed by atoms with Crippen molar-refractivity contribution in [2.24, 2.45) is 0 Å². The highest BCUT2D eigenvalue weighted by Crippen LogP contribution is 2.65. The van der Waals surface area contributed by atoms with Crippen LogP contribution in [0.25, 0.3) is 33.4 Å². The van der Waals surface area contributed by atoms with Gasteiger partial charge in [-0.25, -0.2) is 0 Å². The molecule has 0 atom stereocenters. The number of hydrogen-bond donors (Lipinski definition) is 0. The molecule has 11 rings (SSSR count). The van der Waals surface area contributed by atoms with E-state index in [9.17, 15) is 0 Å². The van der Waals surface area contributed by atoms with E-state index in [2.05, 4.69) is 185 Å². The molecule has 7 aromatic rings. The van der Waals surface area contributed by atoms with Crippen molar-refractivity contribution in [2.75, 3.05) is 4.90 Å². The highest BCUT2D eigenvalue weighted by Gasteiger charge is 2.52. The van der Waals surface area contributed by atoms with Crippen LogP contribution in [0.15, 0.2) is 146 Å². The summed E-state index contributed by atoms with van der Waals surface area (Å²) in [6, 6.07) is 56.2. The third-order valence-corrected chi connectivity index (χ3v) is 14.4. The fraction of sp³-hybridized carbons (Fsp3) is 0.250. The number of aryl methyl sites for hydroxylation is 2. The van der Waals surface area contributed by atoms with Crippen molar-refractivity contribution in [3.63, 3.8) is 0 Å². The molecule has 0 heterocycles. The van der Waals surface area contributed by atoms with Gasteiger partial charge in [-0.15, -0.1) is 0 Å². The standard InChI is InChI=1S/C56H51N/c1-36-30-31-49-52(55(4,5)33-32-54(49,2)3)53(36)57(38-20-7-6-8-21-38)51-35-50-44(34-45(51)40-26-17-19-37-18-9-10-22-39(37)40)43-25-13-16-29-48(43)56(50)46-27-14-11-23-41(46)42-24-12-15-28-47(42)56/h6-8,11-17,19-21,23-31,34-35H,9-10,18,22,32-33H2,1-5H3. The highest BCUT2D eigenvalue weighted by molar-refractivity contribution is 6.01. The van der Waals surface area contributed by atoms with E-state index in [4.69, 9.17) is 0 Å². The average Bonchev–Trinajstić information content (AvgIpc) is 3.70. The minimum absolute atomic E-state index is 0.00281. The minimum atomic E-state index is -0.433. The summed E-state index contributed by atoms with van der Waals surface area (Å²) in [6.45, 7) is 12.2. The third kappa shape index (κ3) is 4.81. The number of fused-ring (bicyclic) bond motifs is 12. The normalized spacial score (nSPS) is 17.2. The Hall–Kier alpha value is -5.66. The monoisotopic (exact) mass is 737 g/mol. The lowest BCUT2D eigenvalue weighted by molar-refractivity contribution is 0.332. The van der Waals surface area contributed by atoms with Gasteiger partial charge in [-0.2, -0.15) is 0 Å². The molecule has 1 heteroatoms. The summed E-state index contributed by atoms with van der Waals surface area (Å²) in [5.41, 5.74) is 24.5. The van der Waals surface area contributed by atoms with Gasteiger partial charge in [0.25, 0.3) is 0 Å². The molecule has 0 saturated heterocycles. The van der Waals surface area contributed by atoms with Gasteiger partial charge in [-0.3, -0.25) is 0 Å². The molecule has 0 unspecified atom stereocenters. The summed E-state index contributed by atoms with van der Waals surface area (Å²) < 4.78 is 0. The summed E-state index contributed by atoms with van der Waals surface area (Å²) in [5, 5.41) is 0.